The molecule has 0 spiro atoms. The summed E-state index contributed by atoms with van der Waals surface area (Å²) in [5.74, 6) is 0.468. The van der Waals surface area contributed by atoms with E-state index < -0.39 is 0 Å². The number of nitrogens with zero attached hydrogens (tertiary/aromatic N) is 3. The van der Waals surface area contributed by atoms with Gasteiger partial charge in [-0.05, 0) is 32.4 Å². The fourth-order valence-electron chi connectivity index (χ4n) is 1.93. The average molecular weight is 274 g/mol. The molecule has 0 saturated carbocycles. The van der Waals surface area contributed by atoms with Crippen LogP contribution in [0.4, 0.5) is 5.82 Å². The second-order valence-electron chi connectivity index (χ2n) is 4.71. The lowest BCUT2D eigenvalue weighted by atomic mass is 10.1. The number of hydrogen-bond donors (Lipinski definition) is 1. The van der Waals surface area contributed by atoms with Crippen molar-refractivity contribution in [2.75, 3.05) is 25.5 Å². The van der Waals surface area contributed by atoms with Crippen LogP contribution in [0, 0.1) is 17.2 Å². The van der Waals surface area contributed by atoms with Gasteiger partial charge in [0.2, 0.25) is 0 Å². The summed E-state index contributed by atoms with van der Waals surface area (Å²) < 4.78 is 0. The van der Waals surface area contributed by atoms with Crippen LogP contribution in [0.3, 0.4) is 0 Å². The molecule has 1 N–H and O–H groups in total. The molecule has 0 saturated heterocycles. The number of pyridine rings is 1. The van der Waals surface area contributed by atoms with Gasteiger partial charge >= 0.3 is 0 Å². The zero-order chi connectivity index (χ0) is 15.1. The van der Waals surface area contributed by atoms with Crippen LogP contribution in [-0.4, -0.2) is 35.9 Å². The predicted octanol–water partition coefficient (Wildman–Crippen LogP) is 2.31. The number of anilines is 1. The third-order valence-corrected chi connectivity index (χ3v) is 3.13. The lowest BCUT2D eigenvalue weighted by Crippen LogP contribution is -2.34. The van der Waals surface area contributed by atoms with E-state index in [-0.39, 0.29) is 11.8 Å². The highest BCUT2D eigenvalue weighted by molar-refractivity contribution is 5.95. The van der Waals surface area contributed by atoms with Crippen molar-refractivity contribution in [3.63, 3.8) is 0 Å². The standard InChI is InChI=1S/C15H22N4O/c1-5-13-7-12(8-14(17-4)18-13)15(20)19(6-2)10-11(3)9-16/h7-8,11H,5-6,10H2,1-4H3,(H,17,18). The second kappa shape index (κ2) is 7.49. The topological polar surface area (TPSA) is 69.0 Å². The van der Waals surface area contributed by atoms with Gasteiger partial charge in [0.05, 0.1) is 12.0 Å². The van der Waals surface area contributed by atoms with E-state index in [2.05, 4.69) is 16.4 Å². The Labute approximate surface area is 120 Å². The minimum Gasteiger partial charge on any atom is -0.373 e. The number of aromatic nitrogens is 1. The molecular weight excluding hydrogens is 252 g/mol. The molecule has 1 aromatic rings. The van der Waals surface area contributed by atoms with Crippen LogP contribution < -0.4 is 5.32 Å². The molecule has 1 rings (SSSR count). The molecule has 0 fully saturated rings. The maximum atomic E-state index is 12.5. The Morgan fingerprint density at radius 2 is 2.20 bits per heavy atom. The van der Waals surface area contributed by atoms with E-state index in [9.17, 15) is 4.79 Å². The fraction of sp³-hybridized carbons (Fsp3) is 0.533. The predicted molar refractivity (Wildman–Crippen MR) is 79.5 cm³/mol. The minimum absolute atomic E-state index is 0.0526. The van der Waals surface area contributed by atoms with Gasteiger partial charge in [-0.15, -0.1) is 0 Å². The summed E-state index contributed by atoms with van der Waals surface area (Å²) in [6, 6.07) is 5.74. The van der Waals surface area contributed by atoms with E-state index in [4.69, 9.17) is 5.26 Å². The van der Waals surface area contributed by atoms with Gasteiger partial charge in [0, 0.05) is 31.4 Å². The van der Waals surface area contributed by atoms with Crippen molar-refractivity contribution >= 4 is 11.7 Å². The Hall–Kier alpha value is -2.09. The van der Waals surface area contributed by atoms with Crippen molar-refractivity contribution in [2.24, 2.45) is 5.92 Å². The molecule has 1 amide bonds. The molecule has 5 nitrogen and oxygen atoms in total. The largest absolute Gasteiger partial charge is 0.373 e. The Morgan fingerprint density at radius 3 is 2.70 bits per heavy atom. The number of carbonyl (C=O) groups excluding carboxylic acids is 1. The zero-order valence-corrected chi connectivity index (χ0v) is 12.6. The summed E-state index contributed by atoms with van der Waals surface area (Å²) >= 11 is 0. The molecule has 0 aliphatic heterocycles. The van der Waals surface area contributed by atoms with Crippen LogP contribution in [0.5, 0.6) is 0 Å². The van der Waals surface area contributed by atoms with Crippen LogP contribution in [-0.2, 0) is 6.42 Å². The summed E-state index contributed by atoms with van der Waals surface area (Å²) in [5, 5.41) is 11.9. The highest BCUT2D eigenvalue weighted by atomic mass is 16.2. The van der Waals surface area contributed by atoms with Crippen molar-refractivity contribution in [3.8, 4) is 6.07 Å². The van der Waals surface area contributed by atoms with Crippen molar-refractivity contribution in [1.29, 1.82) is 5.26 Å². The molecule has 0 radical (unpaired) electrons. The normalized spacial score (nSPS) is 11.6. The van der Waals surface area contributed by atoms with E-state index >= 15 is 0 Å². The molecule has 1 heterocycles. The van der Waals surface area contributed by atoms with Gasteiger partial charge in [-0.1, -0.05) is 6.92 Å². The highest BCUT2D eigenvalue weighted by Gasteiger charge is 2.18. The van der Waals surface area contributed by atoms with E-state index in [0.717, 1.165) is 12.1 Å². The Bertz CT molecular complexity index is 485. The monoisotopic (exact) mass is 274 g/mol. The lowest BCUT2D eigenvalue weighted by molar-refractivity contribution is 0.0752. The van der Waals surface area contributed by atoms with Crippen molar-refractivity contribution in [2.45, 2.75) is 27.2 Å². The third kappa shape index (κ3) is 3.95. The summed E-state index contributed by atoms with van der Waals surface area (Å²) in [5.41, 5.74) is 1.50. The first-order chi connectivity index (χ1) is 9.55. The van der Waals surface area contributed by atoms with E-state index in [1.165, 1.54) is 0 Å². The average Bonchev–Trinajstić information content (AvgIpc) is 2.50. The van der Waals surface area contributed by atoms with Crippen LogP contribution >= 0.6 is 0 Å². The molecule has 0 bridgehead atoms. The first-order valence-corrected chi connectivity index (χ1v) is 6.93. The van der Waals surface area contributed by atoms with Gasteiger partial charge in [0.1, 0.15) is 5.82 Å². The van der Waals surface area contributed by atoms with Crippen LogP contribution in [0.1, 0.15) is 36.8 Å². The number of nitrogens with one attached hydrogen (secondary N) is 1. The fourth-order valence-corrected chi connectivity index (χ4v) is 1.93. The first kappa shape index (κ1) is 16.0. The summed E-state index contributed by atoms with van der Waals surface area (Å²) in [4.78, 5) is 18.6. The zero-order valence-electron chi connectivity index (χ0n) is 12.6. The minimum atomic E-state index is -0.171. The molecule has 1 unspecified atom stereocenters. The molecule has 108 valence electrons. The lowest BCUT2D eigenvalue weighted by Gasteiger charge is -2.22. The van der Waals surface area contributed by atoms with Gasteiger partial charge < -0.3 is 10.2 Å². The van der Waals surface area contributed by atoms with Crippen LogP contribution in [0.15, 0.2) is 12.1 Å². The van der Waals surface area contributed by atoms with Gasteiger partial charge in [0.25, 0.3) is 5.91 Å². The van der Waals surface area contributed by atoms with Gasteiger partial charge in [-0.25, -0.2) is 4.98 Å². The molecule has 0 aliphatic rings. The number of amides is 1. The first-order valence-electron chi connectivity index (χ1n) is 6.93. The van der Waals surface area contributed by atoms with E-state index in [0.29, 0.717) is 24.5 Å². The Kier molecular flexibility index (Phi) is 5.98. The van der Waals surface area contributed by atoms with Crippen molar-refractivity contribution in [1.82, 2.24) is 9.88 Å². The van der Waals surface area contributed by atoms with Crippen LogP contribution in [0.25, 0.3) is 0 Å². The number of hydrogen-bond acceptors (Lipinski definition) is 4. The van der Waals surface area contributed by atoms with E-state index in [1.54, 1.807) is 18.0 Å². The maximum Gasteiger partial charge on any atom is 0.254 e. The molecular formula is C15H22N4O. The van der Waals surface area contributed by atoms with E-state index in [1.807, 2.05) is 26.8 Å². The number of rotatable bonds is 6. The number of carbonyl (C=O) groups is 1. The number of aryl methyl sites for hydroxylation is 1. The van der Waals surface area contributed by atoms with Crippen molar-refractivity contribution in [3.05, 3.63) is 23.4 Å². The SMILES string of the molecule is CCc1cc(C(=O)N(CC)CC(C)C#N)cc(NC)n1. The van der Waals surface area contributed by atoms with Crippen molar-refractivity contribution < 1.29 is 4.79 Å². The Balaban J connectivity index is 3.02. The summed E-state index contributed by atoms with van der Waals surface area (Å²) in [6.45, 7) is 6.78. The van der Waals surface area contributed by atoms with Gasteiger partial charge in [-0.2, -0.15) is 5.26 Å². The van der Waals surface area contributed by atoms with Gasteiger partial charge in [0.15, 0.2) is 0 Å². The third-order valence-electron chi connectivity index (χ3n) is 3.13. The molecule has 20 heavy (non-hydrogen) atoms. The summed E-state index contributed by atoms with van der Waals surface area (Å²) in [7, 11) is 1.78. The van der Waals surface area contributed by atoms with Gasteiger partial charge in [-0.3, -0.25) is 4.79 Å². The highest BCUT2D eigenvalue weighted by Crippen LogP contribution is 2.14. The summed E-state index contributed by atoms with van der Waals surface area (Å²) in [6.07, 6.45) is 0.774. The van der Waals surface area contributed by atoms with Crippen LogP contribution in [0.2, 0.25) is 0 Å². The quantitative estimate of drug-likeness (QED) is 0.864. The smallest absolute Gasteiger partial charge is 0.254 e. The molecule has 1 aromatic heterocycles. The molecule has 5 heteroatoms. The Morgan fingerprint density at radius 1 is 1.50 bits per heavy atom. The maximum absolute atomic E-state index is 12.5. The number of nitriles is 1. The molecule has 0 aliphatic carbocycles. The molecule has 1 atom stereocenters. The molecule has 0 aromatic carbocycles. The second-order valence-corrected chi connectivity index (χ2v) is 4.71.